The average molecular weight is 340 g/mol. The number of amides is 1. The zero-order valence-electron chi connectivity index (χ0n) is 13.2. The van der Waals surface area contributed by atoms with Crippen molar-refractivity contribution in [2.24, 2.45) is 0 Å². The predicted molar refractivity (Wildman–Crippen MR) is 87.4 cm³/mol. The summed E-state index contributed by atoms with van der Waals surface area (Å²) in [5, 5.41) is 6.94. The minimum atomic E-state index is -0.767. The molecule has 0 bridgehead atoms. The molecule has 2 rings (SSSR count). The molecule has 0 aliphatic rings. The van der Waals surface area contributed by atoms with Gasteiger partial charge in [0.25, 0.3) is 5.91 Å². The molecule has 0 fully saturated rings. The van der Waals surface area contributed by atoms with Crippen LogP contribution in [0.2, 0.25) is 5.02 Å². The number of aromatic nitrogens is 2. The number of carbonyl (C=O) groups is 1. The number of halogens is 2. The lowest BCUT2D eigenvalue weighted by molar-refractivity contribution is -0.122. The van der Waals surface area contributed by atoms with Gasteiger partial charge in [0.05, 0.1) is 17.3 Å². The highest BCUT2D eigenvalue weighted by Gasteiger charge is 2.18. The molecule has 0 unspecified atom stereocenters. The second kappa shape index (κ2) is 7.46. The van der Waals surface area contributed by atoms with Gasteiger partial charge in [0, 0.05) is 12.1 Å². The van der Waals surface area contributed by atoms with Crippen molar-refractivity contribution in [2.45, 2.75) is 39.3 Å². The first-order chi connectivity index (χ1) is 10.9. The second-order valence-corrected chi connectivity index (χ2v) is 5.65. The summed E-state index contributed by atoms with van der Waals surface area (Å²) in [5.74, 6) is 0.0792. The number of ether oxygens (including phenoxy) is 1. The van der Waals surface area contributed by atoms with E-state index in [0.29, 0.717) is 11.6 Å². The normalized spacial score (nSPS) is 13.4. The van der Waals surface area contributed by atoms with E-state index < -0.39 is 11.9 Å². The fourth-order valence-electron chi connectivity index (χ4n) is 1.97. The first-order valence-corrected chi connectivity index (χ1v) is 7.76. The Balaban J connectivity index is 2.03. The van der Waals surface area contributed by atoms with Gasteiger partial charge in [0.1, 0.15) is 17.4 Å². The second-order valence-electron chi connectivity index (χ2n) is 5.24. The van der Waals surface area contributed by atoms with Gasteiger partial charge in [0.15, 0.2) is 6.10 Å². The maximum atomic E-state index is 13.1. The molecule has 0 spiro atoms. The van der Waals surface area contributed by atoms with Gasteiger partial charge in [-0.25, -0.2) is 9.07 Å². The fourth-order valence-corrected chi connectivity index (χ4v) is 2.14. The minimum absolute atomic E-state index is 0.0510. The smallest absolute Gasteiger partial charge is 0.266 e. The Labute approximate surface area is 139 Å². The number of anilines is 1. The molecule has 1 amide bonds. The Hall–Kier alpha value is -2.08. The average Bonchev–Trinajstić information content (AvgIpc) is 2.98. The Kier molecular flexibility index (Phi) is 5.60. The van der Waals surface area contributed by atoms with Crippen molar-refractivity contribution >= 4 is 23.3 Å². The molecule has 2 atom stereocenters. The molecule has 0 saturated carbocycles. The van der Waals surface area contributed by atoms with E-state index >= 15 is 0 Å². The predicted octanol–water partition coefficient (Wildman–Crippen LogP) is 4.05. The first kappa shape index (κ1) is 17.3. The van der Waals surface area contributed by atoms with Crippen molar-refractivity contribution in [3.63, 3.8) is 0 Å². The third kappa shape index (κ3) is 4.22. The van der Waals surface area contributed by atoms with Crippen LogP contribution in [0.4, 0.5) is 10.2 Å². The molecule has 124 valence electrons. The van der Waals surface area contributed by atoms with Crippen LogP contribution < -0.4 is 10.1 Å². The molecule has 0 aliphatic heterocycles. The van der Waals surface area contributed by atoms with E-state index in [1.54, 1.807) is 23.9 Å². The lowest BCUT2D eigenvalue weighted by Crippen LogP contribution is -2.31. The van der Waals surface area contributed by atoms with Gasteiger partial charge < -0.3 is 10.1 Å². The summed E-state index contributed by atoms with van der Waals surface area (Å²) >= 11 is 5.70. The number of benzene rings is 1. The zero-order valence-corrected chi connectivity index (χ0v) is 14.0. The molecule has 0 aliphatic carbocycles. The van der Waals surface area contributed by atoms with Crippen molar-refractivity contribution in [3.8, 4) is 5.75 Å². The van der Waals surface area contributed by atoms with Gasteiger partial charge in [-0.1, -0.05) is 18.5 Å². The van der Waals surface area contributed by atoms with Crippen molar-refractivity contribution in [1.29, 1.82) is 0 Å². The quantitative estimate of drug-likeness (QED) is 0.863. The number of nitrogens with one attached hydrogen (secondary N) is 1. The summed E-state index contributed by atoms with van der Waals surface area (Å²) in [7, 11) is 0. The maximum absolute atomic E-state index is 13.1. The van der Waals surface area contributed by atoms with E-state index in [2.05, 4.69) is 10.4 Å². The summed E-state index contributed by atoms with van der Waals surface area (Å²) < 4.78 is 20.4. The van der Waals surface area contributed by atoms with E-state index in [-0.39, 0.29) is 17.0 Å². The van der Waals surface area contributed by atoms with Crippen molar-refractivity contribution in [2.75, 3.05) is 5.32 Å². The summed E-state index contributed by atoms with van der Waals surface area (Å²) in [6.45, 7) is 5.67. The van der Waals surface area contributed by atoms with Gasteiger partial charge in [-0.05, 0) is 32.4 Å². The minimum Gasteiger partial charge on any atom is -0.481 e. The lowest BCUT2D eigenvalue weighted by Gasteiger charge is -2.17. The molecule has 23 heavy (non-hydrogen) atoms. The zero-order chi connectivity index (χ0) is 17.0. The van der Waals surface area contributed by atoms with Gasteiger partial charge in [-0.3, -0.25) is 4.79 Å². The summed E-state index contributed by atoms with van der Waals surface area (Å²) in [6.07, 6.45) is 1.76. The topological polar surface area (TPSA) is 56.2 Å². The maximum Gasteiger partial charge on any atom is 0.266 e. The third-order valence-electron chi connectivity index (χ3n) is 3.50. The Morgan fingerprint density at radius 3 is 2.83 bits per heavy atom. The van der Waals surface area contributed by atoms with Crippen LogP contribution in [0.1, 0.15) is 33.2 Å². The summed E-state index contributed by atoms with van der Waals surface area (Å²) in [4.78, 5) is 12.2. The van der Waals surface area contributed by atoms with Crippen molar-refractivity contribution in [1.82, 2.24) is 9.78 Å². The molecule has 1 heterocycles. The molecule has 1 N–H and O–H groups in total. The summed E-state index contributed by atoms with van der Waals surface area (Å²) in [6, 6.07) is 5.86. The molecule has 0 saturated heterocycles. The molecule has 0 radical (unpaired) electrons. The highest BCUT2D eigenvalue weighted by atomic mass is 35.5. The van der Waals surface area contributed by atoms with Crippen LogP contribution in [-0.2, 0) is 4.79 Å². The van der Waals surface area contributed by atoms with Crippen LogP contribution in [0.5, 0.6) is 5.75 Å². The van der Waals surface area contributed by atoms with Gasteiger partial charge >= 0.3 is 0 Å². The van der Waals surface area contributed by atoms with Crippen LogP contribution in [0, 0.1) is 5.82 Å². The number of hydrogen-bond acceptors (Lipinski definition) is 3. The molecule has 1 aromatic carbocycles. The third-order valence-corrected chi connectivity index (χ3v) is 3.79. The van der Waals surface area contributed by atoms with E-state index in [1.165, 1.54) is 18.2 Å². The van der Waals surface area contributed by atoms with E-state index in [1.807, 2.05) is 13.8 Å². The molecule has 1 aromatic heterocycles. The van der Waals surface area contributed by atoms with E-state index in [0.717, 1.165) is 6.42 Å². The molecule has 7 heteroatoms. The lowest BCUT2D eigenvalue weighted by atomic mass is 10.3. The number of carbonyl (C=O) groups excluding carboxylic acids is 1. The monoisotopic (exact) mass is 339 g/mol. The van der Waals surface area contributed by atoms with Gasteiger partial charge in [0.2, 0.25) is 0 Å². The highest BCUT2D eigenvalue weighted by molar-refractivity contribution is 6.30. The number of nitrogens with zero attached hydrogens (tertiary/aromatic N) is 2. The Morgan fingerprint density at radius 1 is 1.43 bits per heavy atom. The van der Waals surface area contributed by atoms with Crippen molar-refractivity contribution in [3.05, 3.63) is 41.3 Å². The Morgan fingerprint density at radius 2 is 2.17 bits per heavy atom. The number of hydrogen-bond donors (Lipinski definition) is 1. The van der Waals surface area contributed by atoms with Crippen LogP contribution in [0.15, 0.2) is 30.5 Å². The summed E-state index contributed by atoms with van der Waals surface area (Å²) in [5.41, 5.74) is 0. The SMILES string of the molecule is CC[C@@H](C)n1nccc1NC(=O)[C@H](C)Oc1ccc(F)c(Cl)c1. The highest BCUT2D eigenvalue weighted by Crippen LogP contribution is 2.22. The van der Waals surface area contributed by atoms with Crippen molar-refractivity contribution < 1.29 is 13.9 Å². The Bertz CT molecular complexity index is 690. The molecule has 2 aromatic rings. The standard InChI is InChI=1S/C16H19ClFN3O2/c1-4-10(2)21-15(7-8-19-21)20-16(22)11(3)23-12-5-6-14(18)13(17)9-12/h5-11H,4H2,1-3H3,(H,20,22)/t10-,11+/m1/s1. The molecule has 5 nitrogen and oxygen atoms in total. The van der Waals surface area contributed by atoms with Crippen LogP contribution in [0.3, 0.4) is 0 Å². The number of rotatable bonds is 6. The van der Waals surface area contributed by atoms with Gasteiger partial charge in [-0.15, -0.1) is 0 Å². The van der Waals surface area contributed by atoms with E-state index in [9.17, 15) is 9.18 Å². The first-order valence-electron chi connectivity index (χ1n) is 7.38. The van der Waals surface area contributed by atoms with E-state index in [4.69, 9.17) is 16.3 Å². The van der Waals surface area contributed by atoms with Gasteiger partial charge in [-0.2, -0.15) is 5.10 Å². The van der Waals surface area contributed by atoms with Crippen LogP contribution in [0.25, 0.3) is 0 Å². The van der Waals surface area contributed by atoms with Crippen LogP contribution >= 0.6 is 11.6 Å². The fraction of sp³-hybridized carbons (Fsp3) is 0.375. The molecular weight excluding hydrogens is 321 g/mol. The van der Waals surface area contributed by atoms with Crippen LogP contribution in [-0.4, -0.2) is 21.8 Å². The largest absolute Gasteiger partial charge is 0.481 e. The molecular formula is C16H19ClFN3O2.